The van der Waals surface area contributed by atoms with Crippen molar-refractivity contribution in [2.75, 3.05) is 20.2 Å². The van der Waals surface area contributed by atoms with Crippen LogP contribution in [0.4, 0.5) is 13.2 Å². The van der Waals surface area contributed by atoms with Gasteiger partial charge in [0.15, 0.2) is 0 Å². The third kappa shape index (κ3) is 4.20. The van der Waals surface area contributed by atoms with Gasteiger partial charge < -0.3 is 14.0 Å². The molecule has 1 aliphatic carbocycles. The SMILES string of the molecule is COC(=O)c1c(C)n(C(C)C2CCC(N3CC(OC(F)F)C3)CC2)c2cc(F)ccc12. The maximum absolute atomic E-state index is 14.1. The summed E-state index contributed by atoms with van der Waals surface area (Å²) < 4.78 is 50.3. The van der Waals surface area contributed by atoms with Gasteiger partial charge in [-0.15, -0.1) is 0 Å². The normalized spacial score (nSPS) is 23.8. The van der Waals surface area contributed by atoms with Crippen LogP contribution >= 0.6 is 0 Å². The molecule has 0 N–H and O–H groups in total. The molecule has 0 amide bonds. The molecule has 4 rings (SSSR count). The summed E-state index contributed by atoms with van der Waals surface area (Å²) in [5, 5.41) is 0.705. The van der Waals surface area contributed by atoms with Crippen molar-refractivity contribution in [2.24, 2.45) is 5.92 Å². The number of fused-ring (bicyclic) bond motifs is 1. The summed E-state index contributed by atoms with van der Waals surface area (Å²) in [6, 6.07) is 4.99. The third-order valence-corrected chi connectivity index (χ3v) is 7.12. The number of hydrogen-bond acceptors (Lipinski definition) is 4. The number of methoxy groups -OCH3 is 1. The van der Waals surface area contributed by atoms with Gasteiger partial charge in [-0.1, -0.05) is 0 Å². The molecule has 31 heavy (non-hydrogen) atoms. The Balaban J connectivity index is 1.48. The van der Waals surface area contributed by atoms with E-state index >= 15 is 0 Å². The summed E-state index contributed by atoms with van der Waals surface area (Å²) in [6.45, 7) is 2.44. The number of likely N-dealkylation sites (tertiary alicyclic amines) is 1. The van der Waals surface area contributed by atoms with Crippen molar-refractivity contribution in [2.45, 2.75) is 64.3 Å². The fourth-order valence-corrected chi connectivity index (χ4v) is 5.46. The predicted molar refractivity (Wildman–Crippen MR) is 111 cm³/mol. The number of carbonyl (C=O) groups excluding carboxylic acids is 1. The van der Waals surface area contributed by atoms with E-state index in [2.05, 4.69) is 21.1 Å². The van der Waals surface area contributed by atoms with Crippen molar-refractivity contribution in [3.05, 3.63) is 35.3 Å². The van der Waals surface area contributed by atoms with Gasteiger partial charge in [-0.25, -0.2) is 9.18 Å². The lowest BCUT2D eigenvalue weighted by atomic mass is 9.80. The molecule has 1 saturated heterocycles. The minimum Gasteiger partial charge on any atom is -0.465 e. The van der Waals surface area contributed by atoms with Crippen molar-refractivity contribution >= 4 is 16.9 Å². The standard InChI is InChI=1S/C23H29F3N2O3/c1-13(15-4-7-17(8-5-15)27-11-18(12-27)31-23(25)26)28-14(2)21(22(29)30-3)19-9-6-16(24)10-20(19)28/h6,9-10,13,15,17-18,23H,4-5,7-8,11-12H2,1-3H3. The van der Waals surface area contributed by atoms with E-state index in [1.54, 1.807) is 6.07 Å². The molecule has 1 aromatic heterocycles. The lowest BCUT2D eigenvalue weighted by molar-refractivity contribution is -0.202. The lowest BCUT2D eigenvalue weighted by Gasteiger charge is -2.46. The molecule has 8 heteroatoms. The average Bonchev–Trinajstić information content (AvgIpc) is 3.00. The first-order valence-corrected chi connectivity index (χ1v) is 10.9. The van der Waals surface area contributed by atoms with Gasteiger partial charge in [-0.2, -0.15) is 8.78 Å². The Morgan fingerprint density at radius 3 is 2.45 bits per heavy atom. The van der Waals surface area contributed by atoms with Crippen LogP contribution in [0.15, 0.2) is 18.2 Å². The molecule has 1 aromatic carbocycles. The smallest absolute Gasteiger partial charge is 0.345 e. The van der Waals surface area contributed by atoms with Crippen LogP contribution in [-0.2, 0) is 9.47 Å². The van der Waals surface area contributed by atoms with Crippen LogP contribution in [0.5, 0.6) is 0 Å². The number of ether oxygens (including phenoxy) is 2. The summed E-state index contributed by atoms with van der Waals surface area (Å²) in [7, 11) is 1.35. The summed E-state index contributed by atoms with van der Waals surface area (Å²) >= 11 is 0. The Labute approximate surface area is 180 Å². The highest BCUT2D eigenvalue weighted by atomic mass is 19.3. The first kappa shape index (κ1) is 22.1. The Kier molecular flexibility index (Phi) is 6.30. The van der Waals surface area contributed by atoms with E-state index < -0.39 is 12.6 Å². The minimum absolute atomic E-state index is 0.0926. The largest absolute Gasteiger partial charge is 0.465 e. The molecular formula is C23H29F3N2O3. The molecule has 0 radical (unpaired) electrons. The molecule has 1 atom stereocenters. The average molecular weight is 438 g/mol. The van der Waals surface area contributed by atoms with E-state index in [-0.39, 0.29) is 18.0 Å². The molecule has 1 aliphatic heterocycles. The molecule has 2 heterocycles. The topological polar surface area (TPSA) is 43.7 Å². The quantitative estimate of drug-likeness (QED) is 0.601. The minimum atomic E-state index is -2.71. The molecule has 2 fully saturated rings. The zero-order valence-electron chi connectivity index (χ0n) is 18.1. The number of halogens is 3. The number of benzene rings is 1. The van der Waals surface area contributed by atoms with E-state index in [0.29, 0.717) is 41.5 Å². The second-order valence-electron chi connectivity index (χ2n) is 8.77. The number of nitrogens with zero attached hydrogens (tertiary/aromatic N) is 2. The monoisotopic (exact) mass is 438 g/mol. The van der Waals surface area contributed by atoms with Crippen molar-refractivity contribution in [1.82, 2.24) is 9.47 Å². The molecule has 5 nitrogen and oxygen atoms in total. The Morgan fingerprint density at radius 2 is 1.84 bits per heavy atom. The first-order valence-electron chi connectivity index (χ1n) is 10.9. The van der Waals surface area contributed by atoms with Crippen molar-refractivity contribution < 1.29 is 27.4 Å². The van der Waals surface area contributed by atoms with Crippen LogP contribution in [-0.4, -0.2) is 54.4 Å². The molecule has 2 aromatic rings. The van der Waals surface area contributed by atoms with Gasteiger partial charge >= 0.3 is 12.6 Å². The van der Waals surface area contributed by atoms with Gasteiger partial charge in [0, 0.05) is 36.3 Å². The molecule has 170 valence electrons. The van der Waals surface area contributed by atoms with Gasteiger partial charge in [0.1, 0.15) is 5.82 Å². The van der Waals surface area contributed by atoms with Crippen molar-refractivity contribution in [3.63, 3.8) is 0 Å². The fourth-order valence-electron chi connectivity index (χ4n) is 5.46. The van der Waals surface area contributed by atoms with Gasteiger partial charge in [0.2, 0.25) is 0 Å². The highest BCUT2D eigenvalue weighted by Crippen LogP contribution is 2.40. The number of rotatable bonds is 6. The Hall–Kier alpha value is -2.06. The van der Waals surface area contributed by atoms with Crippen LogP contribution in [0.3, 0.4) is 0 Å². The highest BCUT2D eigenvalue weighted by molar-refractivity contribution is 6.06. The Morgan fingerprint density at radius 1 is 1.16 bits per heavy atom. The summed E-state index contributed by atoms with van der Waals surface area (Å²) in [4.78, 5) is 14.6. The van der Waals surface area contributed by atoms with Crippen LogP contribution in [0.2, 0.25) is 0 Å². The number of hydrogen-bond donors (Lipinski definition) is 0. The first-order chi connectivity index (χ1) is 14.8. The van der Waals surface area contributed by atoms with E-state index in [1.165, 1.54) is 19.2 Å². The van der Waals surface area contributed by atoms with Gasteiger partial charge in [-0.05, 0) is 63.6 Å². The molecular weight excluding hydrogens is 409 g/mol. The Bertz CT molecular complexity index is 947. The van der Waals surface area contributed by atoms with Crippen LogP contribution in [0, 0.1) is 18.7 Å². The van der Waals surface area contributed by atoms with E-state index in [4.69, 9.17) is 4.74 Å². The summed E-state index contributed by atoms with van der Waals surface area (Å²) in [5.74, 6) is -0.368. The fraction of sp³-hybridized carbons (Fsp3) is 0.609. The summed E-state index contributed by atoms with van der Waals surface area (Å²) in [6.07, 6.45) is 3.60. The third-order valence-electron chi connectivity index (χ3n) is 7.12. The molecule has 1 unspecified atom stereocenters. The molecule has 0 spiro atoms. The highest BCUT2D eigenvalue weighted by Gasteiger charge is 2.37. The van der Waals surface area contributed by atoms with Gasteiger partial charge in [0.05, 0.1) is 24.3 Å². The van der Waals surface area contributed by atoms with E-state index in [0.717, 1.165) is 31.4 Å². The van der Waals surface area contributed by atoms with E-state index in [9.17, 15) is 18.0 Å². The zero-order chi connectivity index (χ0) is 22.3. The maximum atomic E-state index is 14.1. The van der Waals surface area contributed by atoms with E-state index in [1.807, 2.05) is 6.92 Å². The number of aromatic nitrogens is 1. The van der Waals surface area contributed by atoms with Gasteiger partial charge in [-0.3, -0.25) is 4.90 Å². The number of alkyl halides is 2. The van der Waals surface area contributed by atoms with Crippen molar-refractivity contribution in [1.29, 1.82) is 0 Å². The van der Waals surface area contributed by atoms with Crippen LogP contribution in [0.25, 0.3) is 10.9 Å². The summed E-state index contributed by atoms with van der Waals surface area (Å²) in [5.41, 5.74) is 1.99. The number of esters is 1. The molecule has 0 bridgehead atoms. The van der Waals surface area contributed by atoms with Gasteiger partial charge in [0.25, 0.3) is 0 Å². The maximum Gasteiger partial charge on any atom is 0.345 e. The lowest BCUT2D eigenvalue weighted by Crippen LogP contribution is -2.57. The van der Waals surface area contributed by atoms with Crippen LogP contribution < -0.4 is 0 Å². The second-order valence-corrected chi connectivity index (χ2v) is 8.77. The predicted octanol–water partition coefficient (Wildman–Crippen LogP) is 4.92. The van der Waals surface area contributed by atoms with Crippen molar-refractivity contribution in [3.8, 4) is 0 Å². The van der Waals surface area contributed by atoms with Crippen LogP contribution in [0.1, 0.15) is 54.7 Å². The second kappa shape index (κ2) is 8.82. The molecule has 2 aliphatic rings. The molecule has 1 saturated carbocycles. The number of carbonyl (C=O) groups is 1. The zero-order valence-corrected chi connectivity index (χ0v) is 18.1.